The molecule has 0 spiro atoms. The number of piperidine rings is 1. The number of likely N-dealkylation sites (tertiary alicyclic amines) is 1. The second-order valence-corrected chi connectivity index (χ2v) is 6.72. The summed E-state index contributed by atoms with van der Waals surface area (Å²) < 4.78 is 0. The van der Waals surface area contributed by atoms with E-state index in [4.69, 9.17) is 5.84 Å². The Balaban J connectivity index is 1.57. The minimum absolute atomic E-state index is 0.817. The minimum Gasteiger partial charge on any atom is -0.300 e. The molecule has 3 rings (SSSR count). The average molecular weight is 266 g/mol. The summed E-state index contributed by atoms with van der Waals surface area (Å²) in [6, 6.07) is 0. The Morgan fingerprint density at radius 1 is 1.33 bits per heavy atom. The molecule has 2 unspecified atom stereocenters. The molecule has 3 N–H and O–H groups in total. The first-order valence-corrected chi connectivity index (χ1v) is 7.80. The van der Waals surface area contributed by atoms with Crippen LogP contribution in [0.5, 0.6) is 0 Å². The van der Waals surface area contributed by atoms with E-state index in [1.807, 2.05) is 6.20 Å². The van der Waals surface area contributed by atoms with E-state index in [-0.39, 0.29) is 0 Å². The molecule has 2 heterocycles. The van der Waals surface area contributed by atoms with Gasteiger partial charge in [0.05, 0.1) is 0 Å². The van der Waals surface area contributed by atoms with Gasteiger partial charge in [-0.2, -0.15) is 0 Å². The largest absolute Gasteiger partial charge is 0.300 e. The van der Waals surface area contributed by atoms with E-state index in [0.29, 0.717) is 0 Å². The van der Waals surface area contributed by atoms with Crippen molar-refractivity contribution in [3.8, 4) is 0 Å². The summed E-state index contributed by atoms with van der Waals surface area (Å²) in [7, 11) is 0. The Bertz CT molecular complexity index is 392. The van der Waals surface area contributed by atoms with Crippen molar-refractivity contribution in [1.29, 1.82) is 0 Å². The first kappa shape index (κ1) is 12.4. The third kappa shape index (κ3) is 2.68. The molecule has 18 heavy (non-hydrogen) atoms. The van der Waals surface area contributed by atoms with Crippen molar-refractivity contribution in [2.45, 2.75) is 38.6 Å². The van der Waals surface area contributed by atoms with E-state index in [0.717, 1.165) is 23.5 Å². The van der Waals surface area contributed by atoms with Gasteiger partial charge in [0, 0.05) is 24.2 Å². The van der Waals surface area contributed by atoms with E-state index in [1.54, 1.807) is 11.3 Å². The van der Waals surface area contributed by atoms with Crippen LogP contribution in [-0.4, -0.2) is 23.0 Å². The van der Waals surface area contributed by atoms with Gasteiger partial charge in [0.15, 0.2) is 5.13 Å². The summed E-state index contributed by atoms with van der Waals surface area (Å²) >= 11 is 1.67. The van der Waals surface area contributed by atoms with Crippen LogP contribution in [0.3, 0.4) is 0 Å². The van der Waals surface area contributed by atoms with Crippen LogP contribution < -0.4 is 11.3 Å². The molecule has 0 amide bonds. The molecule has 1 aromatic heterocycles. The Kier molecular flexibility index (Phi) is 3.82. The molecule has 1 saturated heterocycles. The maximum absolute atomic E-state index is 5.37. The number of nitrogens with one attached hydrogen (secondary N) is 1. The summed E-state index contributed by atoms with van der Waals surface area (Å²) in [5, 5.41) is 0.817. The lowest BCUT2D eigenvalue weighted by Crippen LogP contribution is -2.41. The van der Waals surface area contributed by atoms with Gasteiger partial charge in [-0.25, -0.2) is 10.8 Å². The number of hydrazine groups is 1. The summed E-state index contributed by atoms with van der Waals surface area (Å²) in [4.78, 5) is 8.15. The van der Waals surface area contributed by atoms with Gasteiger partial charge in [-0.05, 0) is 31.2 Å². The maximum atomic E-state index is 5.37. The predicted octanol–water partition coefficient (Wildman–Crippen LogP) is 2.44. The van der Waals surface area contributed by atoms with Gasteiger partial charge in [-0.15, -0.1) is 0 Å². The normalized spacial score (nSPS) is 28.9. The van der Waals surface area contributed by atoms with E-state index < -0.39 is 0 Å². The number of hydrogen-bond donors (Lipinski definition) is 2. The van der Waals surface area contributed by atoms with Crippen molar-refractivity contribution in [3.63, 3.8) is 0 Å². The fourth-order valence-corrected chi connectivity index (χ4v) is 4.25. The number of nitrogens with zero attached hydrogens (tertiary/aromatic N) is 2. The first-order valence-electron chi connectivity index (χ1n) is 6.99. The molecule has 4 nitrogen and oxygen atoms in total. The molecule has 1 aliphatic carbocycles. The van der Waals surface area contributed by atoms with Crippen molar-refractivity contribution < 1.29 is 0 Å². The molecule has 5 heteroatoms. The van der Waals surface area contributed by atoms with Gasteiger partial charge in [0.2, 0.25) is 0 Å². The van der Waals surface area contributed by atoms with Crippen LogP contribution >= 0.6 is 11.3 Å². The summed E-state index contributed by atoms with van der Waals surface area (Å²) in [6.07, 6.45) is 9.16. The van der Waals surface area contributed by atoms with Crippen LogP contribution in [0.1, 0.15) is 37.0 Å². The van der Waals surface area contributed by atoms with Gasteiger partial charge in [-0.3, -0.25) is 10.3 Å². The molecular weight excluding hydrogens is 244 g/mol. The zero-order chi connectivity index (χ0) is 12.4. The Labute approximate surface area is 113 Å². The third-order valence-corrected chi connectivity index (χ3v) is 5.35. The summed E-state index contributed by atoms with van der Waals surface area (Å²) in [6.45, 7) is 3.58. The highest BCUT2D eigenvalue weighted by Gasteiger charge is 2.31. The van der Waals surface area contributed by atoms with E-state index in [1.165, 1.54) is 50.1 Å². The molecule has 1 aliphatic heterocycles. The first-order chi connectivity index (χ1) is 8.85. The van der Waals surface area contributed by atoms with Crippen molar-refractivity contribution in [3.05, 3.63) is 11.1 Å². The molecule has 2 aliphatic rings. The smallest absolute Gasteiger partial charge is 0.197 e. The highest BCUT2D eigenvalue weighted by Crippen LogP contribution is 2.36. The lowest BCUT2D eigenvalue weighted by atomic mass is 9.75. The Hall–Kier alpha value is -0.650. The predicted molar refractivity (Wildman–Crippen MR) is 75.3 cm³/mol. The average Bonchev–Trinajstić information content (AvgIpc) is 2.86. The second-order valence-electron chi connectivity index (χ2n) is 5.60. The summed E-state index contributed by atoms with van der Waals surface area (Å²) in [5.74, 6) is 7.33. The zero-order valence-electron chi connectivity index (χ0n) is 10.8. The monoisotopic (exact) mass is 266 g/mol. The maximum Gasteiger partial charge on any atom is 0.197 e. The quantitative estimate of drug-likeness (QED) is 0.652. The molecule has 0 aromatic carbocycles. The molecule has 1 aromatic rings. The number of hydrogen-bond acceptors (Lipinski definition) is 5. The van der Waals surface area contributed by atoms with Crippen LogP contribution in [0.25, 0.3) is 0 Å². The topological polar surface area (TPSA) is 54.2 Å². The van der Waals surface area contributed by atoms with Gasteiger partial charge in [0.1, 0.15) is 0 Å². The zero-order valence-corrected chi connectivity index (χ0v) is 11.6. The van der Waals surface area contributed by atoms with Gasteiger partial charge >= 0.3 is 0 Å². The van der Waals surface area contributed by atoms with Crippen molar-refractivity contribution in [2.75, 3.05) is 18.5 Å². The molecule has 2 fully saturated rings. The van der Waals surface area contributed by atoms with E-state index >= 15 is 0 Å². The third-order valence-electron chi connectivity index (χ3n) is 4.43. The standard InChI is InChI=1S/C13H22N4S/c14-16-13-15-7-12(18-13)9-17-6-5-10-3-1-2-4-11(10)8-17/h7,10-11H,1-6,8-9,14H2,(H,15,16). The minimum atomic E-state index is 0.817. The fourth-order valence-electron chi connectivity index (χ4n) is 3.49. The van der Waals surface area contributed by atoms with E-state index in [9.17, 15) is 0 Å². The van der Waals surface area contributed by atoms with Crippen molar-refractivity contribution >= 4 is 16.5 Å². The molecule has 0 bridgehead atoms. The Morgan fingerprint density at radius 2 is 2.17 bits per heavy atom. The number of anilines is 1. The van der Waals surface area contributed by atoms with Crippen LogP contribution in [-0.2, 0) is 6.54 Å². The molecule has 1 saturated carbocycles. The van der Waals surface area contributed by atoms with Crippen molar-refractivity contribution in [1.82, 2.24) is 9.88 Å². The van der Waals surface area contributed by atoms with Crippen LogP contribution in [0.2, 0.25) is 0 Å². The van der Waals surface area contributed by atoms with Gasteiger partial charge < -0.3 is 0 Å². The van der Waals surface area contributed by atoms with Crippen LogP contribution in [0.15, 0.2) is 6.20 Å². The second kappa shape index (κ2) is 5.55. The lowest BCUT2D eigenvalue weighted by molar-refractivity contribution is 0.0827. The molecular formula is C13H22N4S. The van der Waals surface area contributed by atoms with Crippen LogP contribution in [0, 0.1) is 11.8 Å². The Morgan fingerprint density at radius 3 is 2.94 bits per heavy atom. The number of thiazole rings is 1. The van der Waals surface area contributed by atoms with Crippen LogP contribution in [0.4, 0.5) is 5.13 Å². The van der Waals surface area contributed by atoms with E-state index in [2.05, 4.69) is 15.3 Å². The lowest BCUT2D eigenvalue weighted by Gasteiger charge is -2.41. The van der Waals surface area contributed by atoms with Crippen molar-refractivity contribution in [2.24, 2.45) is 17.7 Å². The highest BCUT2D eigenvalue weighted by molar-refractivity contribution is 7.15. The van der Waals surface area contributed by atoms with Gasteiger partial charge in [-0.1, -0.05) is 30.6 Å². The number of rotatable bonds is 3. The molecule has 2 atom stereocenters. The summed E-state index contributed by atoms with van der Waals surface area (Å²) in [5.41, 5.74) is 2.62. The number of aromatic nitrogens is 1. The number of nitrogen functional groups attached to an aromatic ring is 1. The fraction of sp³-hybridized carbons (Fsp3) is 0.769. The highest BCUT2D eigenvalue weighted by atomic mass is 32.1. The van der Waals surface area contributed by atoms with Gasteiger partial charge in [0.25, 0.3) is 0 Å². The number of fused-ring (bicyclic) bond motifs is 1. The molecule has 0 radical (unpaired) electrons. The number of nitrogens with two attached hydrogens (primary N) is 1. The molecule has 100 valence electrons. The SMILES string of the molecule is NNc1ncc(CN2CCC3CCCCC3C2)s1.